The summed E-state index contributed by atoms with van der Waals surface area (Å²) in [4.78, 5) is 11.5. The van der Waals surface area contributed by atoms with Crippen LogP contribution in [0.3, 0.4) is 0 Å². The molecule has 0 aliphatic carbocycles. The lowest BCUT2D eigenvalue weighted by Crippen LogP contribution is -2.12. The zero-order valence-electron chi connectivity index (χ0n) is 10.7. The van der Waals surface area contributed by atoms with Crippen LogP contribution in [-0.4, -0.2) is 15.7 Å². The maximum atomic E-state index is 11.5. The van der Waals surface area contributed by atoms with Crippen LogP contribution < -0.4 is 5.73 Å². The molecule has 3 aromatic rings. The van der Waals surface area contributed by atoms with Crippen LogP contribution in [0.15, 0.2) is 48.5 Å². The van der Waals surface area contributed by atoms with Crippen LogP contribution in [0.1, 0.15) is 16.1 Å². The van der Waals surface area contributed by atoms with E-state index in [0.717, 1.165) is 22.2 Å². The van der Waals surface area contributed by atoms with Crippen LogP contribution in [0, 0.1) is 0 Å². The fourth-order valence-electron chi connectivity index (χ4n) is 2.23. The summed E-state index contributed by atoms with van der Waals surface area (Å²) in [6.45, 7) is 0. The number of amides is 1. The highest BCUT2D eigenvalue weighted by Crippen LogP contribution is 2.22. The zero-order chi connectivity index (χ0) is 14.1. The molecule has 0 aliphatic rings. The van der Waals surface area contributed by atoms with Gasteiger partial charge in [0, 0.05) is 11.1 Å². The Bertz CT molecular complexity index is 795. The lowest BCUT2D eigenvalue weighted by Gasteiger charge is -2.05. The third-order valence-corrected chi connectivity index (χ3v) is 3.52. The molecule has 3 rings (SSSR count). The summed E-state index contributed by atoms with van der Waals surface area (Å²) >= 11 is 4.28. The highest BCUT2D eigenvalue weighted by molar-refractivity contribution is 7.79. The summed E-state index contributed by atoms with van der Waals surface area (Å²) in [5, 5.41) is 5.11. The van der Waals surface area contributed by atoms with Gasteiger partial charge in [0.2, 0.25) is 0 Å². The van der Waals surface area contributed by atoms with E-state index in [2.05, 4.69) is 17.7 Å². The van der Waals surface area contributed by atoms with E-state index in [0.29, 0.717) is 5.75 Å². The Labute approximate surface area is 121 Å². The van der Waals surface area contributed by atoms with E-state index < -0.39 is 5.91 Å². The van der Waals surface area contributed by atoms with Crippen LogP contribution in [-0.2, 0) is 5.75 Å². The molecule has 0 fully saturated rings. The quantitative estimate of drug-likeness (QED) is 0.726. The minimum Gasteiger partial charge on any atom is -0.364 e. The molecular weight excluding hydrogens is 270 g/mol. The number of hydrogen-bond donors (Lipinski definition) is 2. The van der Waals surface area contributed by atoms with Crippen LogP contribution in [0.2, 0.25) is 0 Å². The first kappa shape index (κ1) is 12.7. The van der Waals surface area contributed by atoms with Crippen molar-refractivity contribution in [2.24, 2.45) is 5.73 Å². The maximum absolute atomic E-state index is 11.5. The van der Waals surface area contributed by atoms with Gasteiger partial charge in [0.15, 0.2) is 5.69 Å². The fraction of sp³-hybridized carbons (Fsp3) is 0.0667. The van der Waals surface area contributed by atoms with Crippen molar-refractivity contribution in [2.75, 3.05) is 0 Å². The van der Waals surface area contributed by atoms with E-state index in [1.165, 1.54) is 0 Å². The van der Waals surface area contributed by atoms with E-state index in [-0.39, 0.29) is 5.69 Å². The van der Waals surface area contributed by atoms with Gasteiger partial charge < -0.3 is 5.73 Å². The molecule has 0 unspecified atom stereocenters. The van der Waals surface area contributed by atoms with E-state index in [4.69, 9.17) is 5.73 Å². The summed E-state index contributed by atoms with van der Waals surface area (Å²) in [7, 11) is 0. The number of thiol groups is 1. The number of aromatic nitrogens is 2. The molecule has 0 bridgehead atoms. The van der Waals surface area contributed by atoms with Crippen LogP contribution in [0.4, 0.5) is 0 Å². The van der Waals surface area contributed by atoms with E-state index in [9.17, 15) is 4.79 Å². The monoisotopic (exact) mass is 283 g/mol. The first-order chi connectivity index (χ1) is 9.70. The second kappa shape index (κ2) is 5.02. The minimum absolute atomic E-state index is 0.289. The molecule has 0 saturated heterocycles. The number of carbonyl (C=O) groups excluding carboxylic acids is 1. The number of rotatable bonds is 3. The van der Waals surface area contributed by atoms with Gasteiger partial charge in [0.05, 0.1) is 11.2 Å². The Morgan fingerprint density at radius 3 is 2.75 bits per heavy atom. The van der Waals surface area contributed by atoms with Crippen molar-refractivity contribution in [1.82, 2.24) is 9.78 Å². The molecule has 0 spiro atoms. The Balaban J connectivity index is 2.28. The molecule has 0 atom stereocenters. The second-order valence-corrected chi connectivity index (χ2v) is 4.79. The number of hydrogen-bond acceptors (Lipinski definition) is 3. The van der Waals surface area contributed by atoms with Crippen molar-refractivity contribution in [1.29, 1.82) is 0 Å². The Morgan fingerprint density at radius 1 is 1.20 bits per heavy atom. The summed E-state index contributed by atoms with van der Waals surface area (Å²) in [6.07, 6.45) is 0. The third kappa shape index (κ3) is 2.06. The van der Waals surface area contributed by atoms with Crippen molar-refractivity contribution in [3.8, 4) is 5.69 Å². The number of benzene rings is 2. The van der Waals surface area contributed by atoms with Gasteiger partial charge in [0.25, 0.3) is 5.91 Å². The third-order valence-electron chi connectivity index (χ3n) is 3.16. The molecule has 1 aromatic heterocycles. The molecule has 2 N–H and O–H groups in total. The summed E-state index contributed by atoms with van der Waals surface area (Å²) < 4.78 is 1.74. The molecule has 5 heteroatoms. The van der Waals surface area contributed by atoms with Gasteiger partial charge in [-0.15, -0.1) is 0 Å². The minimum atomic E-state index is -0.523. The first-order valence-corrected chi connectivity index (χ1v) is 6.81. The fourth-order valence-corrected chi connectivity index (χ4v) is 2.43. The summed E-state index contributed by atoms with van der Waals surface area (Å²) in [5.41, 5.74) is 8.53. The molecule has 0 aliphatic heterocycles. The van der Waals surface area contributed by atoms with Gasteiger partial charge in [-0.1, -0.05) is 30.3 Å². The van der Waals surface area contributed by atoms with E-state index in [1.54, 1.807) is 4.68 Å². The highest BCUT2D eigenvalue weighted by Gasteiger charge is 2.15. The number of para-hydroxylation sites is 1. The van der Waals surface area contributed by atoms with Gasteiger partial charge in [-0.3, -0.25) is 4.79 Å². The molecule has 0 saturated carbocycles. The molecule has 2 aromatic carbocycles. The van der Waals surface area contributed by atoms with Gasteiger partial charge >= 0.3 is 0 Å². The van der Waals surface area contributed by atoms with Crippen molar-refractivity contribution >= 4 is 29.4 Å². The highest BCUT2D eigenvalue weighted by atomic mass is 32.1. The normalized spacial score (nSPS) is 10.8. The predicted molar refractivity (Wildman–Crippen MR) is 82.3 cm³/mol. The number of nitrogens with two attached hydrogens (primary N) is 1. The molecular formula is C15H13N3OS. The summed E-state index contributed by atoms with van der Waals surface area (Å²) in [6, 6.07) is 15.4. The standard InChI is InChI=1S/C15H13N3OS/c16-15(19)14-12-6-1-2-7-13(12)18(17-14)11-5-3-4-10(8-11)9-20/h1-8,20H,9H2,(H2,16,19). The number of primary amides is 1. The molecule has 1 heterocycles. The van der Waals surface area contributed by atoms with Crippen LogP contribution in [0.25, 0.3) is 16.6 Å². The van der Waals surface area contributed by atoms with Crippen molar-refractivity contribution in [2.45, 2.75) is 5.75 Å². The molecule has 4 nitrogen and oxygen atoms in total. The predicted octanol–water partition coefficient (Wildman–Crippen LogP) is 2.55. The van der Waals surface area contributed by atoms with Gasteiger partial charge in [-0.25, -0.2) is 4.68 Å². The number of nitrogens with zero attached hydrogens (tertiary/aromatic N) is 2. The molecule has 20 heavy (non-hydrogen) atoms. The first-order valence-electron chi connectivity index (χ1n) is 6.18. The zero-order valence-corrected chi connectivity index (χ0v) is 11.5. The van der Waals surface area contributed by atoms with E-state index >= 15 is 0 Å². The van der Waals surface area contributed by atoms with Crippen molar-refractivity contribution < 1.29 is 4.79 Å². The second-order valence-electron chi connectivity index (χ2n) is 4.47. The van der Waals surface area contributed by atoms with Gasteiger partial charge in [-0.05, 0) is 23.8 Å². The van der Waals surface area contributed by atoms with Crippen molar-refractivity contribution in [3.63, 3.8) is 0 Å². The molecule has 1 amide bonds. The number of carbonyl (C=O) groups is 1. The molecule has 100 valence electrons. The lowest BCUT2D eigenvalue weighted by atomic mass is 10.2. The average Bonchev–Trinajstić information content (AvgIpc) is 2.87. The lowest BCUT2D eigenvalue weighted by molar-refractivity contribution is 0.0996. The van der Waals surface area contributed by atoms with Crippen LogP contribution in [0.5, 0.6) is 0 Å². The molecule has 0 radical (unpaired) electrons. The summed E-state index contributed by atoms with van der Waals surface area (Å²) in [5.74, 6) is 0.126. The van der Waals surface area contributed by atoms with E-state index in [1.807, 2.05) is 48.5 Å². The largest absolute Gasteiger partial charge is 0.364 e. The van der Waals surface area contributed by atoms with Gasteiger partial charge in [-0.2, -0.15) is 17.7 Å². The van der Waals surface area contributed by atoms with Crippen LogP contribution >= 0.6 is 12.6 Å². The Morgan fingerprint density at radius 2 is 2.00 bits per heavy atom. The smallest absolute Gasteiger partial charge is 0.269 e. The number of fused-ring (bicyclic) bond motifs is 1. The van der Waals surface area contributed by atoms with Gasteiger partial charge in [0.1, 0.15) is 0 Å². The topological polar surface area (TPSA) is 60.9 Å². The van der Waals surface area contributed by atoms with Crippen molar-refractivity contribution in [3.05, 3.63) is 59.8 Å². The Hall–Kier alpha value is -2.27. The average molecular weight is 283 g/mol. The Kier molecular flexibility index (Phi) is 3.20. The SMILES string of the molecule is NC(=O)c1nn(-c2cccc(CS)c2)c2ccccc12. The maximum Gasteiger partial charge on any atom is 0.269 e.